The first kappa shape index (κ1) is 10.7. The van der Waals surface area contributed by atoms with Crippen LogP contribution in [0.4, 0.5) is 0 Å². The van der Waals surface area contributed by atoms with Gasteiger partial charge in [0.2, 0.25) is 10.0 Å². The Morgan fingerprint density at radius 2 is 2.21 bits per heavy atom. The normalized spacial score (nSPS) is 11.4. The van der Waals surface area contributed by atoms with Crippen LogP contribution < -0.4 is 5.14 Å². The summed E-state index contributed by atoms with van der Waals surface area (Å²) in [5.74, 6) is -0.797. The molecule has 0 fully saturated rings. The number of rotatable bonds is 2. The number of nitrogens with zero attached hydrogens (tertiary/aromatic N) is 2. The number of nitrogens with two attached hydrogens (primary N) is 1. The first-order valence-corrected chi connectivity index (χ1v) is 5.05. The molecule has 7 nitrogen and oxygen atoms in total. The van der Waals surface area contributed by atoms with Crippen molar-refractivity contribution in [1.82, 2.24) is 9.78 Å². The highest BCUT2D eigenvalue weighted by molar-refractivity contribution is 7.89. The van der Waals surface area contributed by atoms with Crippen LogP contribution in [-0.2, 0) is 21.8 Å². The molecule has 0 atom stereocenters. The van der Waals surface area contributed by atoms with Gasteiger partial charge in [0.1, 0.15) is 4.90 Å². The van der Waals surface area contributed by atoms with Crippen LogP contribution in [0.3, 0.4) is 0 Å². The SMILES string of the molecule is COC(=O)c1c(S(N)(=O)=O)cnn1C. The molecule has 0 amide bonds. The van der Waals surface area contributed by atoms with Crippen LogP contribution in [0.1, 0.15) is 10.5 Å². The quantitative estimate of drug-likeness (QED) is 0.633. The maximum atomic E-state index is 11.2. The van der Waals surface area contributed by atoms with E-state index in [1.807, 2.05) is 0 Å². The molecule has 14 heavy (non-hydrogen) atoms. The minimum atomic E-state index is -3.95. The van der Waals surface area contributed by atoms with Gasteiger partial charge in [0, 0.05) is 7.05 Å². The average Bonchev–Trinajstić information content (AvgIpc) is 2.45. The summed E-state index contributed by atoms with van der Waals surface area (Å²) < 4.78 is 27.5. The summed E-state index contributed by atoms with van der Waals surface area (Å²) in [5.41, 5.74) is -0.185. The van der Waals surface area contributed by atoms with E-state index in [-0.39, 0.29) is 10.6 Å². The molecule has 0 unspecified atom stereocenters. The van der Waals surface area contributed by atoms with Crippen molar-refractivity contribution < 1.29 is 17.9 Å². The van der Waals surface area contributed by atoms with E-state index in [1.165, 1.54) is 7.05 Å². The number of ether oxygens (including phenoxy) is 1. The highest BCUT2D eigenvalue weighted by Gasteiger charge is 2.24. The molecule has 1 aromatic heterocycles. The highest BCUT2D eigenvalue weighted by Crippen LogP contribution is 2.13. The number of primary sulfonamides is 1. The van der Waals surface area contributed by atoms with Gasteiger partial charge in [0.15, 0.2) is 5.69 Å². The second-order valence-electron chi connectivity index (χ2n) is 2.52. The van der Waals surface area contributed by atoms with E-state index in [9.17, 15) is 13.2 Å². The van der Waals surface area contributed by atoms with Crippen LogP contribution in [0.2, 0.25) is 0 Å². The lowest BCUT2D eigenvalue weighted by Crippen LogP contribution is -2.18. The Kier molecular flexibility index (Phi) is 2.58. The molecule has 0 aromatic carbocycles. The van der Waals surface area contributed by atoms with Gasteiger partial charge < -0.3 is 4.74 Å². The fourth-order valence-corrected chi connectivity index (χ4v) is 1.63. The summed E-state index contributed by atoms with van der Waals surface area (Å²) in [7, 11) is -1.39. The fraction of sp³-hybridized carbons (Fsp3) is 0.333. The van der Waals surface area contributed by atoms with Gasteiger partial charge in [-0.25, -0.2) is 18.4 Å². The predicted molar refractivity (Wildman–Crippen MR) is 45.9 cm³/mol. The minimum Gasteiger partial charge on any atom is -0.464 e. The van der Waals surface area contributed by atoms with Gasteiger partial charge in [-0.1, -0.05) is 0 Å². The van der Waals surface area contributed by atoms with E-state index >= 15 is 0 Å². The maximum absolute atomic E-state index is 11.2. The van der Waals surface area contributed by atoms with Crippen molar-refractivity contribution in [3.05, 3.63) is 11.9 Å². The van der Waals surface area contributed by atoms with Crippen molar-refractivity contribution in [3.63, 3.8) is 0 Å². The number of hydrogen-bond acceptors (Lipinski definition) is 5. The Bertz CT molecular complexity index is 461. The Morgan fingerprint density at radius 1 is 1.64 bits per heavy atom. The van der Waals surface area contributed by atoms with Gasteiger partial charge in [-0.2, -0.15) is 5.10 Å². The first-order valence-electron chi connectivity index (χ1n) is 3.51. The van der Waals surface area contributed by atoms with Crippen molar-refractivity contribution in [1.29, 1.82) is 0 Å². The third-order valence-corrected chi connectivity index (χ3v) is 2.50. The lowest BCUT2D eigenvalue weighted by Gasteiger charge is -2.01. The van der Waals surface area contributed by atoms with Crippen LogP contribution in [0.25, 0.3) is 0 Å². The van der Waals surface area contributed by atoms with Gasteiger partial charge >= 0.3 is 5.97 Å². The Hall–Kier alpha value is -1.41. The summed E-state index contributed by atoms with van der Waals surface area (Å²) in [6, 6.07) is 0. The second kappa shape index (κ2) is 3.39. The fourth-order valence-electron chi connectivity index (χ4n) is 0.955. The summed E-state index contributed by atoms with van der Waals surface area (Å²) in [5, 5.41) is 8.48. The third-order valence-electron chi connectivity index (χ3n) is 1.59. The van der Waals surface area contributed by atoms with E-state index in [1.54, 1.807) is 0 Å². The maximum Gasteiger partial charge on any atom is 0.357 e. The number of esters is 1. The molecule has 0 aliphatic heterocycles. The van der Waals surface area contributed by atoms with Crippen LogP contribution in [-0.4, -0.2) is 31.3 Å². The lowest BCUT2D eigenvalue weighted by molar-refractivity contribution is 0.0583. The zero-order valence-corrected chi connectivity index (χ0v) is 8.41. The van der Waals surface area contributed by atoms with Crippen molar-refractivity contribution in [3.8, 4) is 0 Å². The Morgan fingerprint density at radius 3 is 2.64 bits per heavy atom. The lowest BCUT2D eigenvalue weighted by atomic mass is 10.4. The van der Waals surface area contributed by atoms with Gasteiger partial charge in [0.25, 0.3) is 0 Å². The predicted octanol–water partition coefficient (Wildman–Crippen LogP) is -1.15. The molecule has 0 saturated carbocycles. The number of aryl methyl sites for hydroxylation is 1. The van der Waals surface area contributed by atoms with Crippen molar-refractivity contribution >= 4 is 16.0 Å². The Labute approximate surface area is 80.5 Å². The molecule has 2 N–H and O–H groups in total. The zero-order chi connectivity index (χ0) is 10.9. The summed E-state index contributed by atoms with van der Waals surface area (Å²) in [4.78, 5) is 10.8. The van der Waals surface area contributed by atoms with E-state index in [4.69, 9.17) is 5.14 Å². The first-order chi connectivity index (χ1) is 6.38. The van der Waals surface area contributed by atoms with Gasteiger partial charge in [-0.05, 0) is 0 Å². The monoisotopic (exact) mass is 219 g/mol. The van der Waals surface area contributed by atoms with Crippen LogP contribution >= 0.6 is 0 Å². The molecule has 0 bridgehead atoms. The minimum absolute atomic E-state index is 0.185. The van der Waals surface area contributed by atoms with Crippen LogP contribution in [0.5, 0.6) is 0 Å². The molecular weight excluding hydrogens is 210 g/mol. The standard InChI is InChI=1S/C6H9N3O4S/c1-9-5(6(10)13-2)4(3-8-9)14(7,11)12/h3H,1-2H3,(H2,7,11,12). The van der Waals surface area contributed by atoms with Gasteiger partial charge in [-0.3, -0.25) is 4.68 Å². The highest BCUT2D eigenvalue weighted by atomic mass is 32.2. The summed E-state index contributed by atoms with van der Waals surface area (Å²) >= 11 is 0. The molecule has 0 aliphatic rings. The zero-order valence-electron chi connectivity index (χ0n) is 7.59. The molecule has 1 rings (SSSR count). The molecule has 8 heteroatoms. The molecular formula is C6H9N3O4S. The largest absolute Gasteiger partial charge is 0.464 e. The topological polar surface area (TPSA) is 104 Å². The number of hydrogen-bond donors (Lipinski definition) is 1. The van der Waals surface area contributed by atoms with Crippen LogP contribution in [0.15, 0.2) is 11.1 Å². The van der Waals surface area contributed by atoms with Crippen molar-refractivity contribution in [2.75, 3.05) is 7.11 Å². The number of carbonyl (C=O) groups is 1. The second-order valence-corrected chi connectivity index (χ2v) is 4.05. The van der Waals surface area contributed by atoms with E-state index in [0.29, 0.717) is 0 Å². The molecule has 78 valence electrons. The van der Waals surface area contributed by atoms with Gasteiger partial charge in [0.05, 0.1) is 13.3 Å². The summed E-state index contributed by atoms with van der Waals surface area (Å²) in [6.45, 7) is 0. The summed E-state index contributed by atoms with van der Waals surface area (Å²) in [6.07, 6.45) is 1.00. The van der Waals surface area contributed by atoms with E-state index in [0.717, 1.165) is 18.0 Å². The smallest absolute Gasteiger partial charge is 0.357 e. The molecule has 1 heterocycles. The van der Waals surface area contributed by atoms with Crippen molar-refractivity contribution in [2.24, 2.45) is 12.2 Å². The average molecular weight is 219 g/mol. The number of sulfonamides is 1. The Balaban J connectivity index is 3.42. The van der Waals surface area contributed by atoms with Crippen molar-refractivity contribution in [2.45, 2.75) is 4.90 Å². The molecule has 0 radical (unpaired) electrons. The number of methoxy groups -OCH3 is 1. The molecule has 0 aliphatic carbocycles. The van der Waals surface area contributed by atoms with Crippen LogP contribution in [0, 0.1) is 0 Å². The van der Waals surface area contributed by atoms with E-state index < -0.39 is 16.0 Å². The molecule has 0 spiro atoms. The number of carbonyl (C=O) groups excluding carboxylic acids is 1. The van der Waals surface area contributed by atoms with Gasteiger partial charge in [-0.15, -0.1) is 0 Å². The van der Waals surface area contributed by atoms with E-state index in [2.05, 4.69) is 9.84 Å². The third kappa shape index (κ3) is 1.75. The molecule has 1 aromatic rings. The molecule has 0 saturated heterocycles. The number of aromatic nitrogens is 2.